The van der Waals surface area contributed by atoms with E-state index >= 15 is 0 Å². The second-order valence-electron chi connectivity index (χ2n) is 7.12. The number of carbonyl (C=O) groups excluding carboxylic acids is 1. The summed E-state index contributed by atoms with van der Waals surface area (Å²) in [7, 11) is 0. The highest BCUT2D eigenvalue weighted by Crippen LogP contribution is 2.27. The standard InChI is InChI=1S/C19H28N4O2/c1-13(12-21-19-23-16-9-5-6-10-17(16)25-19)22-18(24)15(20)11-14-7-3-2-4-8-14/h5-6,9-10,13-15H,2-4,7-8,11-12,20H2,1H3,(H,21,23)(H,22,24)/t13-,15-/m0/s1. The van der Waals surface area contributed by atoms with Crippen LogP contribution in [-0.2, 0) is 4.79 Å². The Balaban J connectivity index is 1.43. The molecule has 1 aromatic carbocycles. The van der Waals surface area contributed by atoms with E-state index in [0.29, 0.717) is 18.5 Å². The topological polar surface area (TPSA) is 93.2 Å². The third kappa shape index (κ3) is 4.95. The molecular weight excluding hydrogens is 316 g/mol. The van der Waals surface area contributed by atoms with E-state index in [0.717, 1.165) is 17.5 Å². The first-order chi connectivity index (χ1) is 12.1. The minimum absolute atomic E-state index is 0.0556. The Hall–Kier alpha value is -2.08. The Morgan fingerprint density at radius 3 is 2.84 bits per heavy atom. The number of nitrogens with two attached hydrogens (primary N) is 1. The molecule has 25 heavy (non-hydrogen) atoms. The van der Waals surface area contributed by atoms with Gasteiger partial charge < -0.3 is 20.8 Å². The van der Waals surface area contributed by atoms with Gasteiger partial charge in [-0.15, -0.1) is 0 Å². The predicted octanol–water partition coefficient (Wildman–Crippen LogP) is 3.04. The van der Waals surface area contributed by atoms with Gasteiger partial charge in [-0.1, -0.05) is 44.2 Å². The van der Waals surface area contributed by atoms with Crippen LogP contribution in [0.25, 0.3) is 11.1 Å². The third-order valence-corrected chi connectivity index (χ3v) is 4.89. The molecule has 0 unspecified atom stereocenters. The minimum atomic E-state index is -0.421. The lowest BCUT2D eigenvalue weighted by Crippen LogP contribution is -2.47. The van der Waals surface area contributed by atoms with Gasteiger partial charge in [-0.3, -0.25) is 4.79 Å². The molecule has 6 nitrogen and oxygen atoms in total. The molecule has 1 aliphatic carbocycles. The summed E-state index contributed by atoms with van der Waals surface area (Å²) < 4.78 is 5.61. The lowest BCUT2D eigenvalue weighted by molar-refractivity contribution is -0.123. The Kier molecular flexibility index (Phi) is 5.91. The van der Waals surface area contributed by atoms with Gasteiger partial charge in [0, 0.05) is 12.6 Å². The number of aromatic nitrogens is 1. The molecule has 6 heteroatoms. The molecule has 2 aromatic rings. The number of para-hydroxylation sites is 2. The Labute approximate surface area is 148 Å². The number of hydrogen-bond donors (Lipinski definition) is 3. The summed E-state index contributed by atoms with van der Waals surface area (Å²) in [6, 6.07) is 7.60. The van der Waals surface area contributed by atoms with Crippen molar-refractivity contribution in [3.05, 3.63) is 24.3 Å². The van der Waals surface area contributed by atoms with Crippen LogP contribution in [0.5, 0.6) is 0 Å². The van der Waals surface area contributed by atoms with Crippen LogP contribution in [0.3, 0.4) is 0 Å². The van der Waals surface area contributed by atoms with Gasteiger partial charge in [0.15, 0.2) is 5.58 Å². The normalized spacial score (nSPS) is 18.0. The highest BCUT2D eigenvalue weighted by Gasteiger charge is 2.22. The molecule has 1 aromatic heterocycles. The highest BCUT2D eigenvalue weighted by atomic mass is 16.4. The van der Waals surface area contributed by atoms with Crippen molar-refractivity contribution < 1.29 is 9.21 Å². The number of oxazole rings is 1. The monoisotopic (exact) mass is 344 g/mol. The van der Waals surface area contributed by atoms with Gasteiger partial charge in [0.05, 0.1) is 6.04 Å². The summed E-state index contributed by atoms with van der Waals surface area (Å²) in [4.78, 5) is 16.6. The first kappa shape index (κ1) is 17.7. The molecule has 2 atom stereocenters. The van der Waals surface area contributed by atoms with Crippen LogP contribution in [0.2, 0.25) is 0 Å². The van der Waals surface area contributed by atoms with Crippen LogP contribution in [0, 0.1) is 5.92 Å². The van der Waals surface area contributed by atoms with Crippen molar-refractivity contribution in [2.24, 2.45) is 11.7 Å². The van der Waals surface area contributed by atoms with Crippen molar-refractivity contribution in [3.63, 3.8) is 0 Å². The molecule has 0 saturated heterocycles. The van der Waals surface area contributed by atoms with Gasteiger partial charge >= 0.3 is 0 Å². The van der Waals surface area contributed by atoms with Gasteiger partial charge in [-0.05, 0) is 31.4 Å². The largest absolute Gasteiger partial charge is 0.424 e. The van der Waals surface area contributed by atoms with Gasteiger partial charge in [0.1, 0.15) is 5.52 Å². The quantitative estimate of drug-likeness (QED) is 0.718. The molecule has 1 amide bonds. The number of hydrogen-bond acceptors (Lipinski definition) is 5. The van der Waals surface area contributed by atoms with E-state index in [4.69, 9.17) is 10.2 Å². The lowest BCUT2D eigenvalue weighted by Gasteiger charge is -2.25. The number of nitrogens with one attached hydrogen (secondary N) is 2. The van der Waals surface area contributed by atoms with Crippen LogP contribution in [-0.4, -0.2) is 29.5 Å². The van der Waals surface area contributed by atoms with Gasteiger partial charge in [0.25, 0.3) is 6.01 Å². The zero-order chi connectivity index (χ0) is 17.6. The predicted molar refractivity (Wildman–Crippen MR) is 99.3 cm³/mol. The number of rotatable bonds is 7. The van der Waals surface area contributed by atoms with Gasteiger partial charge in [-0.2, -0.15) is 4.98 Å². The van der Waals surface area contributed by atoms with Crippen molar-refractivity contribution in [2.75, 3.05) is 11.9 Å². The summed E-state index contributed by atoms with van der Waals surface area (Å²) in [5.74, 6) is 0.528. The zero-order valence-electron chi connectivity index (χ0n) is 14.8. The fourth-order valence-corrected chi connectivity index (χ4v) is 3.48. The smallest absolute Gasteiger partial charge is 0.295 e. The number of anilines is 1. The first-order valence-electron chi connectivity index (χ1n) is 9.27. The zero-order valence-corrected chi connectivity index (χ0v) is 14.8. The second-order valence-corrected chi connectivity index (χ2v) is 7.12. The van der Waals surface area contributed by atoms with Crippen molar-refractivity contribution >= 4 is 23.0 Å². The number of nitrogens with zero attached hydrogens (tertiary/aromatic N) is 1. The van der Waals surface area contributed by atoms with E-state index in [1.807, 2.05) is 31.2 Å². The van der Waals surface area contributed by atoms with Crippen molar-refractivity contribution in [2.45, 2.75) is 57.5 Å². The summed E-state index contributed by atoms with van der Waals surface area (Å²) in [5.41, 5.74) is 7.65. The average molecular weight is 344 g/mol. The Bertz CT molecular complexity index is 661. The number of carbonyl (C=O) groups is 1. The van der Waals surface area contributed by atoms with E-state index in [1.54, 1.807) is 0 Å². The molecule has 0 radical (unpaired) electrons. The molecule has 3 rings (SSSR count). The van der Waals surface area contributed by atoms with Crippen LogP contribution in [0.1, 0.15) is 45.4 Å². The SMILES string of the molecule is C[C@@H](CNc1nc2ccccc2o1)NC(=O)[C@@H](N)CC1CCCCC1. The van der Waals surface area contributed by atoms with Crippen LogP contribution < -0.4 is 16.4 Å². The molecule has 0 aliphatic heterocycles. The summed E-state index contributed by atoms with van der Waals surface area (Å²) in [5, 5.41) is 6.10. The van der Waals surface area contributed by atoms with E-state index in [9.17, 15) is 4.79 Å². The third-order valence-electron chi connectivity index (χ3n) is 4.89. The van der Waals surface area contributed by atoms with Crippen molar-refractivity contribution in [1.29, 1.82) is 0 Å². The van der Waals surface area contributed by atoms with Crippen molar-refractivity contribution in [3.8, 4) is 0 Å². The molecule has 1 aliphatic rings. The summed E-state index contributed by atoms with van der Waals surface area (Å²) >= 11 is 0. The fraction of sp³-hybridized carbons (Fsp3) is 0.579. The molecule has 1 saturated carbocycles. The summed E-state index contributed by atoms with van der Waals surface area (Å²) in [6.07, 6.45) is 7.05. The Morgan fingerprint density at radius 1 is 1.32 bits per heavy atom. The maximum Gasteiger partial charge on any atom is 0.295 e. The van der Waals surface area contributed by atoms with Gasteiger partial charge in [-0.25, -0.2) is 0 Å². The average Bonchev–Trinajstić information content (AvgIpc) is 3.04. The van der Waals surface area contributed by atoms with E-state index in [-0.39, 0.29) is 11.9 Å². The van der Waals surface area contributed by atoms with Crippen LogP contribution in [0.15, 0.2) is 28.7 Å². The van der Waals surface area contributed by atoms with Crippen LogP contribution in [0.4, 0.5) is 6.01 Å². The summed E-state index contributed by atoms with van der Waals surface area (Å²) in [6.45, 7) is 2.48. The first-order valence-corrected chi connectivity index (χ1v) is 9.27. The highest BCUT2D eigenvalue weighted by molar-refractivity contribution is 5.81. The van der Waals surface area contributed by atoms with Gasteiger partial charge in [0.2, 0.25) is 5.91 Å². The second kappa shape index (κ2) is 8.34. The molecule has 1 fully saturated rings. The minimum Gasteiger partial charge on any atom is -0.424 e. The van der Waals surface area contributed by atoms with Crippen LogP contribution >= 0.6 is 0 Å². The van der Waals surface area contributed by atoms with E-state index in [1.165, 1.54) is 32.1 Å². The van der Waals surface area contributed by atoms with E-state index in [2.05, 4.69) is 15.6 Å². The lowest BCUT2D eigenvalue weighted by atomic mass is 9.85. The molecule has 0 bridgehead atoms. The van der Waals surface area contributed by atoms with Crippen molar-refractivity contribution in [1.82, 2.24) is 10.3 Å². The molecule has 1 heterocycles. The Morgan fingerprint density at radius 2 is 2.08 bits per heavy atom. The molecule has 4 N–H and O–H groups in total. The number of fused-ring (bicyclic) bond motifs is 1. The fourth-order valence-electron chi connectivity index (χ4n) is 3.48. The molecular formula is C19H28N4O2. The number of amides is 1. The maximum atomic E-state index is 12.3. The molecule has 0 spiro atoms. The maximum absolute atomic E-state index is 12.3. The molecule has 136 valence electrons. The number of benzene rings is 1. The van der Waals surface area contributed by atoms with E-state index < -0.39 is 6.04 Å².